The SMILES string of the molecule is CCC(C)[C@H](NC(=O)CCCCCCCCCCCCCCC(=O)N[C@@H](CC(N)=O)C(=O)N[C@@H](Cc1ccccc1)C(=O)O)C(=O)N[C@@H](Cc1ccc(C(=O)c2ccccc2)cc1)C(N)=O. The molecular weight excluding hydrogens is 841 g/mol. The van der Waals surface area contributed by atoms with Crippen molar-refractivity contribution >= 4 is 47.2 Å². The highest BCUT2D eigenvalue weighted by atomic mass is 16.4. The standard InChI is InChI=1S/C51H70N6O9/c1-3-35(2)46(50(64)55-40(48(53)62)32-37-28-30-39(31-29-37)47(61)38-24-18-15-19-25-38)57-45(60)27-21-13-11-9-7-5-4-6-8-10-12-20-26-44(59)54-41(34-43(52)58)49(63)56-42(51(65)66)33-36-22-16-14-17-23-36/h14-19,22-25,28-31,35,40-42,46H,3-13,20-21,26-27,32-34H2,1-2H3,(H2,52,58)(H2,53,62)(H,54,59)(H,55,64)(H,56,63)(H,57,60)(H,65,66)/t35?,40-,41-,42-,46-/m0/s1. The van der Waals surface area contributed by atoms with Gasteiger partial charge in [-0.05, 0) is 29.9 Å². The zero-order valence-electron chi connectivity index (χ0n) is 38.6. The Morgan fingerprint density at radius 3 is 1.44 bits per heavy atom. The second kappa shape index (κ2) is 29.9. The average Bonchev–Trinajstić information content (AvgIpc) is 3.30. The molecule has 0 aliphatic heterocycles. The van der Waals surface area contributed by atoms with Gasteiger partial charge in [-0.15, -0.1) is 0 Å². The number of hydrogen-bond donors (Lipinski definition) is 7. The lowest BCUT2D eigenvalue weighted by Crippen LogP contribution is -2.55. The number of nitrogens with two attached hydrogens (primary N) is 2. The number of carbonyl (C=O) groups is 8. The molecule has 0 radical (unpaired) electrons. The van der Waals surface area contributed by atoms with E-state index < -0.39 is 66.1 Å². The van der Waals surface area contributed by atoms with Crippen molar-refractivity contribution in [2.24, 2.45) is 17.4 Å². The van der Waals surface area contributed by atoms with E-state index in [-0.39, 0.29) is 36.9 Å². The summed E-state index contributed by atoms with van der Waals surface area (Å²) in [6, 6.07) is 20.2. The van der Waals surface area contributed by atoms with E-state index in [1.54, 1.807) is 78.9 Å². The van der Waals surface area contributed by atoms with Gasteiger partial charge in [-0.1, -0.05) is 169 Å². The summed E-state index contributed by atoms with van der Waals surface area (Å²) in [5.41, 5.74) is 13.5. The van der Waals surface area contributed by atoms with E-state index in [1.807, 2.05) is 19.9 Å². The average molecular weight is 911 g/mol. The highest BCUT2D eigenvalue weighted by Crippen LogP contribution is 2.16. The van der Waals surface area contributed by atoms with Crippen molar-refractivity contribution < 1.29 is 43.5 Å². The number of aliphatic carboxylic acids is 1. The Morgan fingerprint density at radius 1 is 0.515 bits per heavy atom. The molecule has 0 spiro atoms. The zero-order valence-corrected chi connectivity index (χ0v) is 38.6. The highest BCUT2D eigenvalue weighted by molar-refractivity contribution is 6.09. The molecule has 3 rings (SSSR count). The lowest BCUT2D eigenvalue weighted by molar-refractivity contribution is -0.142. The maximum atomic E-state index is 13.4. The van der Waals surface area contributed by atoms with Crippen molar-refractivity contribution in [1.29, 1.82) is 0 Å². The van der Waals surface area contributed by atoms with Gasteiger partial charge in [0.05, 0.1) is 6.42 Å². The molecule has 0 bridgehead atoms. The zero-order chi connectivity index (χ0) is 48.3. The van der Waals surface area contributed by atoms with Crippen molar-refractivity contribution in [1.82, 2.24) is 21.3 Å². The molecule has 3 aromatic carbocycles. The van der Waals surface area contributed by atoms with Gasteiger partial charge in [0.1, 0.15) is 24.2 Å². The largest absolute Gasteiger partial charge is 0.480 e. The van der Waals surface area contributed by atoms with Gasteiger partial charge in [0, 0.05) is 36.8 Å². The van der Waals surface area contributed by atoms with Gasteiger partial charge in [-0.25, -0.2) is 4.79 Å². The normalized spacial score (nSPS) is 13.2. The van der Waals surface area contributed by atoms with E-state index in [1.165, 1.54) is 0 Å². The topological polar surface area (TPSA) is 257 Å². The Labute approximate surface area is 389 Å². The fraction of sp³-hybridized carbons (Fsp3) is 0.490. The molecule has 0 aliphatic carbocycles. The number of hydrogen-bond acceptors (Lipinski definition) is 8. The second-order valence-corrected chi connectivity index (χ2v) is 17.1. The maximum Gasteiger partial charge on any atom is 0.326 e. The summed E-state index contributed by atoms with van der Waals surface area (Å²) in [6.07, 6.45) is 12.3. The van der Waals surface area contributed by atoms with Crippen molar-refractivity contribution in [3.8, 4) is 0 Å². The summed E-state index contributed by atoms with van der Waals surface area (Å²) in [5.74, 6) is -4.90. The lowest BCUT2D eigenvalue weighted by Gasteiger charge is -2.26. The minimum Gasteiger partial charge on any atom is -0.480 e. The Kier molecular flexibility index (Phi) is 24.5. The van der Waals surface area contributed by atoms with E-state index in [0.29, 0.717) is 42.4 Å². The van der Waals surface area contributed by atoms with Gasteiger partial charge >= 0.3 is 5.97 Å². The van der Waals surface area contributed by atoms with Gasteiger partial charge in [0.15, 0.2) is 5.78 Å². The van der Waals surface area contributed by atoms with Gasteiger partial charge in [-0.3, -0.25) is 33.6 Å². The summed E-state index contributed by atoms with van der Waals surface area (Å²) in [4.78, 5) is 100. The Hall–Kier alpha value is -6.38. The van der Waals surface area contributed by atoms with Crippen LogP contribution < -0.4 is 32.7 Å². The number of nitrogens with one attached hydrogen (secondary N) is 4. The number of carbonyl (C=O) groups excluding carboxylic acids is 7. The minimum absolute atomic E-state index is 0.0401. The number of carboxylic acids is 1. The van der Waals surface area contributed by atoms with Crippen LogP contribution in [-0.4, -0.2) is 76.5 Å². The molecule has 0 aliphatic rings. The van der Waals surface area contributed by atoms with Crippen molar-refractivity contribution in [3.63, 3.8) is 0 Å². The monoisotopic (exact) mass is 911 g/mol. The van der Waals surface area contributed by atoms with E-state index in [4.69, 9.17) is 11.5 Å². The van der Waals surface area contributed by atoms with Crippen molar-refractivity contribution in [2.75, 3.05) is 0 Å². The predicted octanol–water partition coefficient (Wildman–Crippen LogP) is 5.59. The fourth-order valence-electron chi connectivity index (χ4n) is 7.55. The molecule has 0 aromatic heterocycles. The quantitative estimate of drug-likeness (QED) is 0.0296. The van der Waals surface area contributed by atoms with E-state index in [9.17, 15) is 43.5 Å². The number of rotatable bonds is 33. The van der Waals surface area contributed by atoms with Gasteiger partial charge in [-0.2, -0.15) is 0 Å². The third-order valence-electron chi connectivity index (χ3n) is 11.7. The molecular formula is C51H70N6O9. The number of unbranched alkanes of at least 4 members (excludes halogenated alkanes) is 11. The molecule has 1 unspecified atom stereocenters. The molecule has 15 heteroatoms. The molecule has 0 fully saturated rings. The first-order valence-electron chi connectivity index (χ1n) is 23.4. The smallest absolute Gasteiger partial charge is 0.326 e. The predicted molar refractivity (Wildman–Crippen MR) is 253 cm³/mol. The third-order valence-corrected chi connectivity index (χ3v) is 11.7. The highest BCUT2D eigenvalue weighted by Gasteiger charge is 2.30. The van der Waals surface area contributed by atoms with Crippen LogP contribution in [0.1, 0.15) is 144 Å². The van der Waals surface area contributed by atoms with Crippen LogP contribution in [0.2, 0.25) is 0 Å². The number of primary amides is 2. The molecule has 0 saturated carbocycles. The molecule has 358 valence electrons. The van der Waals surface area contributed by atoms with Crippen LogP contribution in [0.25, 0.3) is 0 Å². The summed E-state index contributed by atoms with van der Waals surface area (Å²) in [7, 11) is 0. The number of carboxylic acid groups (broad SMARTS) is 1. The van der Waals surface area contributed by atoms with Crippen LogP contribution in [0.5, 0.6) is 0 Å². The van der Waals surface area contributed by atoms with E-state index in [0.717, 1.165) is 69.8 Å². The minimum atomic E-state index is -1.27. The fourth-order valence-corrected chi connectivity index (χ4v) is 7.55. The summed E-state index contributed by atoms with van der Waals surface area (Å²) < 4.78 is 0. The molecule has 66 heavy (non-hydrogen) atoms. The number of ketones is 1. The van der Waals surface area contributed by atoms with Crippen LogP contribution >= 0.6 is 0 Å². The molecule has 3 aromatic rings. The van der Waals surface area contributed by atoms with Crippen molar-refractivity contribution in [3.05, 3.63) is 107 Å². The first kappa shape index (κ1) is 54.0. The third kappa shape index (κ3) is 20.6. The number of amides is 6. The van der Waals surface area contributed by atoms with Crippen LogP contribution in [0.4, 0.5) is 0 Å². The maximum absolute atomic E-state index is 13.4. The Balaban J connectivity index is 1.26. The van der Waals surface area contributed by atoms with Gasteiger partial charge < -0.3 is 37.8 Å². The lowest BCUT2D eigenvalue weighted by atomic mass is 9.96. The summed E-state index contributed by atoms with van der Waals surface area (Å²) in [5, 5.41) is 20.2. The van der Waals surface area contributed by atoms with Crippen molar-refractivity contribution in [2.45, 2.75) is 154 Å². The van der Waals surface area contributed by atoms with Crippen LogP contribution in [0, 0.1) is 5.92 Å². The Bertz CT molecular complexity index is 2010. The molecule has 5 atom stereocenters. The van der Waals surface area contributed by atoms with Crippen LogP contribution in [0.3, 0.4) is 0 Å². The first-order chi connectivity index (χ1) is 31.7. The molecule has 15 nitrogen and oxygen atoms in total. The molecule has 6 amide bonds. The first-order valence-corrected chi connectivity index (χ1v) is 23.4. The van der Waals surface area contributed by atoms with E-state index >= 15 is 0 Å². The van der Waals surface area contributed by atoms with Crippen LogP contribution in [0.15, 0.2) is 84.9 Å². The van der Waals surface area contributed by atoms with Gasteiger partial charge in [0.2, 0.25) is 35.4 Å². The molecule has 0 heterocycles. The Morgan fingerprint density at radius 2 is 0.955 bits per heavy atom. The summed E-state index contributed by atoms with van der Waals surface area (Å²) in [6.45, 7) is 3.81. The number of benzene rings is 3. The van der Waals surface area contributed by atoms with Crippen LogP contribution in [-0.2, 0) is 46.4 Å². The van der Waals surface area contributed by atoms with Gasteiger partial charge in [0.25, 0.3) is 0 Å². The molecule has 0 saturated heterocycles. The molecule has 9 N–H and O–H groups in total. The van der Waals surface area contributed by atoms with E-state index in [2.05, 4.69) is 21.3 Å². The second-order valence-electron chi connectivity index (χ2n) is 17.1. The summed E-state index contributed by atoms with van der Waals surface area (Å²) >= 11 is 0.